The number of hydrazone groups is 1. The normalized spacial score (nSPS) is 10.3. The Labute approximate surface area is 148 Å². The molecule has 0 saturated heterocycles. The molecule has 134 valence electrons. The van der Waals surface area contributed by atoms with Gasteiger partial charge in [-0.15, -0.1) is 0 Å². The number of methoxy groups -OCH3 is 1. The Morgan fingerprint density at radius 2 is 1.88 bits per heavy atom. The summed E-state index contributed by atoms with van der Waals surface area (Å²) >= 11 is 0. The van der Waals surface area contributed by atoms with E-state index in [0.717, 1.165) is 6.21 Å². The van der Waals surface area contributed by atoms with Gasteiger partial charge in [0.25, 0.3) is 17.5 Å². The highest BCUT2D eigenvalue weighted by Crippen LogP contribution is 2.16. The number of nitro groups is 1. The topological polar surface area (TPSA) is 123 Å². The molecule has 0 fully saturated rings. The third kappa shape index (κ3) is 4.87. The van der Waals surface area contributed by atoms with Crippen LogP contribution in [0.4, 0.5) is 5.69 Å². The molecule has 2 amide bonds. The molecule has 0 saturated carbocycles. The minimum absolute atomic E-state index is 0.130. The highest BCUT2D eigenvalue weighted by atomic mass is 16.6. The van der Waals surface area contributed by atoms with Crippen LogP contribution in [-0.2, 0) is 4.79 Å². The van der Waals surface area contributed by atoms with Gasteiger partial charge in [-0.1, -0.05) is 24.3 Å². The van der Waals surface area contributed by atoms with Crippen LogP contribution in [0, 0.1) is 10.1 Å². The average Bonchev–Trinajstić information content (AvgIpc) is 2.66. The summed E-state index contributed by atoms with van der Waals surface area (Å²) in [6.45, 7) is -0.314. The number of amides is 2. The number of nitro benzene ring substituents is 1. The van der Waals surface area contributed by atoms with Gasteiger partial charge in [-0.3, -0.25) is 19.7 Å². The Morgan fingerprint density at radius 3 is 2.62 bits per heavy atom. The summed E-state index contributed by atoms with van der Waals surface area (Å²) in [5.74, 6) is -0.664. The van der Waals surface area contributed by atoms with Crippen LogP contribution in [-0.4, -0.2) is 36.6 Å². The number of ether oxygens (including phenoxy) is 1. The SMILES string of the molecule is COc1ccccc1C(=O)NCC(=O)N/N=C/c1ccccc1[N+](=O)[O-]. The summed E-state index contributed by atoms with van der Waals surface area (Å²) in [7, 11) is 1.44. The molecule has 0 aromatic heterocycles. The summed E-state index contributed by atoms with van der Waals surface area (Å²) in [6, 6.07) is 12.6. The molecule has 26 heavy (non-hydrogen) atoms. The Balaban J connectivity index is 1.90. The third-order valence-electron chi connectivity index (χ3n) is 3.29. The van der Waals surface area contributed by atoms with E-state index < -0.39 is 16.7 Å². The lowest BCUT2D eigenvalue weighted by molar-refractivity contribution is -0.385. The molecule has 0 bridgehead atoms. The Kier molecular flexibility index (Phi) is 6.38. The molecule has 0 aliphatic rings. The van der Waals surface area contributed by atoms with Gasteiger partial charge >= 0.3 is 0 Å². The van der Waals surface area contributed by atoms with E-state index in [0.29, 0.717) is 11.3 Å². The number of para-hydroxylation sites is 2. The first-order chi connectivity index (χ1) is 12.5. The van der Waals surface area contributed by atoms with Crippen molar-refractivity contribution >= 4 is 23.7 Å². The first-order valence-corrected chi connectivity index (χ1v) is 7.49. The van der Waals surface area contributed by atoms with E-state index in [-0.39, 0.29) is 17.8 Å². The van der Waals surface area contributed by atoms with Gasteiger partial charge in [0.05, 0.1) is 35.9 Å². The summed E-state index contributed by atoms with van der Waals surface area (Å²) in [6.07, 6.45) is 1.16. The first kappa shape index (κ1) is 18.6. The van der Waals surface area contributed by atoms with Crippen molar-refractivity contribution in [2.75, 3.05) is 13.7 Å². The maximum absolute atomic E-state index is 12.1. The zero-order valence-electron chi connectivity index (χ0n) is 13.8. The quantitative estimate of drug-likeness (QED) is 0.442. The van der Waals surface area contributed by atoms with Crippen molar-refractivity contribution in [1.29, 1.82) is 0 Å². The lowest BCUT2D eigenvalue weighted by atomic mass is 10.2. The van der Waals surface area contributed by atoms with E-state index in [9.17, 15) is 19.7 Å². The van der Waals surface area contributed by atoms with Gasteiger partial charge in [-0.05, 0) is 18.2 Å². The second-order valence-electron chi connectivity index (χ2n) is 4.99. The molecule has 0 radical (unpaired) electrons. The maximum atomic E-state index is 12.1. The summed E-state index contributed by atoms with van der Waals surface area (Å²) in [5, 5.41) is 17.0. The third-order valence-corrected chi connectivity index (χ3v) is 3.29. The Hall–Kier alpha value is -3.75. The van der Waals surface area contributed by atoms with E-state index in [1.54, 1.807) is 30.3 Å². The van der Waals surface area contributed by atoms with E-state index >= 15 is 0 Å². The minimum atomic E-state index is -0.580. The number of nitrogens with zero attached hydrogens (tertiary/aromatic N) is 2. The smallest absolute Gasteiger partial charge is 0.278 e. The molecule has 9 nitrogen and oxygen atoms in total. The van der Waals surface area contributed by atoms with Crippen molar-refractivity contribution in [1.82, 2.24) is 10.7 Å². The molecule has 9 heteroatoms. The van der Waals surface area contributed by atoms with Crippen LogP contribution >= 0.6 is 0 Å². The molecular weight excluding hydrogens is 340 g/mol. The Morgan fingerprint density at radius 1 is 1.19 bits per heavy atom. The first-order valence-electron chi connectivity index (χ1n) is 7.49. The van der Waals surface area contributed by atoms with Crippen molar-refractivity contribution in [3.05, 3.63) is 69.8 Å². The summed E-state index contributed by atoms with van der Waals surface area (Å²) < 4.78 is 5.08. The molecule has 2 aromatic carbocycles. The van der Waals surface area contributed by atoms with Crippen molar-refractivity contribution in [2.24, 2.45) is 5.10 Å². The number of carbonyl (C=O) groups is 2. The highest BCUT2D eigenvalue weighted by Gasteiger charge is 2.13. The van der Waals surface area contributed by atoms with Crippen LogP contribution in [0.5, 0.6) is 5.75 Å². The predicted octanol–water partition coefficient (Wildman–Crippen LogP) is 1.48. The van der Waals surface area contributed by atoms with Gasteiger partial charge in [-0.25, -0.2) is 5.43 Å². The predicted molar refractivity (Wildman–Crippen MR) is 94.2 cm³/mol. The van der Waals surface area contributed by atoms with Crippen LogP contribution in [0.25, 0.3) is 0 Å². The fourth-order valence-corrected chi connectivity index (χ4v) is 2.06. The molecular formula is C17H16N4O5. The lowest BCUT2D eigenvalue weighted by Gasteiger charge is -2.08. The van der Waals surface area contributed by atoms with Crippen molar-refractivity contribution in [3.8, 4) is 5.75 Å². The summed E-state index contributed by atoms with van der Waals surface area (Å²) in [4.78, 5) is 34.1. The second kappa shape index (κ2) is 8.92. The minimum Gasteiger partial charge on any atom is -0.496 e. The van der Waals surface area contributed by atoms with Crippen LogP contribution in [0.3, 0.4) is 0 Å². The summed E-state index contributed by atoms with van der Waals surface area (Å²) in [5.41, 5.74) is 2.61. The monoisotopic (exact) mass is 356 g/mol. The van der Waals surface area contributed by atoms with Gasteiger partial charge in [0, 0.05) is 6.07 Å². The van der Waals surface area contributed by atoms with E-state index in [1.165, 1.54) is 25.3 Å². The van der Waals surface area contributed by atoms with Crippen LogP contribution in [0.1, 0.15) is 15.9 Å². The molecule has 2 aromatic rings. The maximum Gasteiger partial charge on any atom is 0.278 e. The number of benzene rings is 2. The number of hydrogen-bond donors (Lipinski definition) is 2. The van der Waals surface area contributed by atoms with Crippen molar-refractivity contribution in [2.45, 2.75) is 0 Å². The van der Waals surface area contributed by atoms with Gasteiger partial charge in [0.1, 0.15) is 5.75 Å². The standard InChI is InChI=1S/C17H16N4O5/c1-26-15-9-5-3-7-13(15)17(23)18-11-16(22)20-19-10-12-6-2-4-8-14(12)21(24)25/h2-10H,11H2,1H3,(H,18,23)(H,20,22)/b19-10+. The molecule has 0 aliphatic heterocycles. The van der Waals surface area contributed by atoms with Crippen LogP contribution in [0.15, 0.2) is 53.6 Å². The van der Waals surface area contributed by atoms with Crippen molar-refractivity contribution in [3.63, 3.8) is 0 Å². The number of carbonyl (C=O) groups excluding carboxylic acids is 2. The van der Waals surface area contributed by atoms with Crippen molar-refractivity contribution < 1.29 is 19.2 Å². The zero-order valence-corrected chi connectivity index (χ0v) is 13.8. The second-order valence-corrected chi connectivity index (χ2v) is 4.99. The fourth-order valence-electron chi connectivity index (χ4n) is 2.06. The van der Waals surface area contributed by atoms with Crippen LogP contribution < -0.4 is 15.5 Å². The Bertz CT molecular complexity index is 851. The molecule has 2 N–H and O–H groups in total. The van der Waals surface area contributed by atoms with E-state index in [2.05, 4.69) is 15.8 Å². The lowest BCUT2D eigenvalue weighted by Crippen LogP contribution is -2.35. The van der Waals surface area contributed by atoms with E-state index in [1.807, 2.05) is 0 Å². The number of nitrogens with one attached hydrogen (secondary N) is 2. The van der Waals surface area contributed by atoms with E-state index in [4.69, 9.17) is 4.74 Å². The van der Waals surface area contributed by atoms with Gasteiger partial charge in [0.2, 0.25) is 0 Å². The van der Waals surface area contributed by atoms with Gasteiger partial charge < -0.3 is 10.1 Å². The average molecular weight is 356 g/mol. The zero-order chi connectivity index (χ0) is 18.9. The largest absolute Gasteiger partial charge is 0.496 e. The molecule has 0 aliphatic carbocycles. The molecule has 0 heterocycles. The van der Waals surface area contributed by atoms with Gasteiger partial charge in [-0.2, -0.15) is 5.10 Å². The highest BCUT2D eigenvalue weighted by molar-refractivity contribution is 5.98. The number of hydrogen-bond acceptors (Lipinski definition) is 6. The molecule has 0 unspecified atom stereocenters. The molecule has 2 rings (SSSR count). The molecule has 0 atom stereocenters. The van der Waals surface area contributed by atoms with Crippen LogP contribution in [0.2, 0.25) is 0 Å². The molecule has 0 spiro atoms. The number of rotatable bonds is 7. The fraction of sp³-hybridized carbons (Fsp3) is 0.118. The van der Waals surface area contributed by atoms with Gasteiger partial charge in [0.15, 0.2) is 0 Å².